The minimum atomic E-state index is -0.653. The zero-order chi connectivity index (χ0) is 26.9. The fraction of sp³-hybridized carbons (Fsp3) is 0.385. The fourth-order valence-electron chi connectivity index (χ4n) is 3.86. The zero-order valence-electron chi connectivity index (χ0n) is 21.0. The zero-order valence-corrected chi connectivity index (χ0v) is 21.7. The van der Waals surface area contributed by atoms with Crippen molar-refractivity contribution in [2.45, 2.75) is 12.8 Å². The number of hydrogen-bond donors (Lipinski definition) is 1. The molecule has 1 saturated heterocycles. The van der Waals surface area contributed by atoms with E-state index in [0.29, 0.717) is 35.2 Å². The largest absolute Gasteiger partial charge is 0.493 e. The first-order valence-electron chi connectivity index (χ1n) is 11.7. The molecule has 1 N–H and O–H groups in total. The van der Waals surface area contributed by atoms with Gasteiger partial charge in [-0.2, -0.15) is 0 Å². The highest BCUT2D eigenvalue weighted by Gasteiger charge is 2.35. The summed E-state index contributed by atoms with van der Waals surface area (Å²) in [4.78, 5) is 52.2. The summed E-state index contributed by atoms with van der Waals surface area (Å²) < 4.78 is 15.7. The molecule has 10 nitrogen and oxygen atoms in total. The number of likely N-dealkylation sites (N-methyl/N-ethyl adjacent to an activating group) is 1. The van der Waals surface area contributed by atoms with Crippen LogP contribution in [0.2, 0.25) is 5.02 Å². The van der Waals surface area contributed by atoms with Crippen molar-refractivity contribution in [1.82, 2.24) is 9.80 Å². The van der Waals surface area contributed by atoms with Gasteiger partial charge in [0.2, 0.25) is 11.8 Å². The normalized spacial score (nSPS) is 14.8. The van der Waals surface area contributed by atoms with Crippen LogP contribution < -0.4 is 14.8 Å². The lowest BCUT2D eigenvalue weighted by molar-refractivity contribution is -0.155. The third-order valence-electron chi connectivity index (χ3n) is 5.96. The molecule has 1 fully saturated rings. The number of anilines is 1. The summed E-state index contributed by atoms with van der Waals surface area (Å²) in [6.45, 7) is -0.117. The first-order valence-corrected chi connectivity index (χ1v) is 12.0. The molecule has 3 rings (SSSR count). The van der Waals surface area contributed by atoms with Crippen LogP contribution in [0.1, 0.15) is 12.0 Å². The maximum atomic E-state index is 12.5. The van der Waals surface area contributed by atoms with E-state index in [9.17, 15) is 19.2 Å². The summed E-state index contributed by atoms with van der Waals surface area (Å²) in [5.41, 5.74) is 1.40. The van der Waals surface area contributed by atoms with Crippen molar-refractivity contribution in [3.8, 4) is 11.5 Å². The van der Waals surface area contributed by atoms with Crippen molar-refractivity contribution in [3.63, 3.8) is 0 Å². The molecule has 3 amide bonds. The van der Waals surface area contributed by atoms with Crippen LogP contribution in [-0.4, -0.2) is 81.0 Å². The maximum absolute atomic E-state index is 12.5. The van der Waals surface area contributed by atoms with Gasteiger partial charge in [0, 0.05) is 26.6 Å². The number of nitrogens with zero attached hydrogens (tertiary/aromatic N) is 2. The van der Waals surface area contributed by atoms with E-state index in [0.717, 1.165) is 10.5 Å². The van der Waals surface area contributed by atoms with Gasteiger partial charge in [0.05, 0.1) is 37.4 Å². The molecule has 1 aliphatic heterocycles. The molecule has 0 radical (unpaired) electrons. The first-order chi connectivity index (χ1) is 17.7. The SMILES string of the molecule is COc1ccc(CCN2C[C@@H](C(=O)OCC(=O)N(C)CC(=O)Nc3ccccc3Cl)CC2=O)cc1OC. The molecule has 0 unspecified atom stereocenters. The average molecular weight is 532 g/mol. The van der Waals surface area contributed by atoms with Gasteiger partial charge in [0.1, 0.15) is 0 Å². The monoisotopic (exact) mass is 531 g/mol. The van der Waals surface area contributed by atoms with E-state index in [4.69, 9.17) is 25.8 Å². The van der Waals surface area contributed by atoms with Gasteiger partial charge in [0.25, 0.3) is 5.91 Å². The summed E-state index contributed by atoms with van der Waals surface area (Å²) in [5.74, 6) is -1.19. The number of amides is 3. The second kappa shape index (κ2) is 13.0. The Balaban J connectivity index is 1.42. The summed E-state index contributed by atoms with van der Waals surface area (Å²) in [5, 5.41) is 3.00. The third kappa shape index (κ3) is 7.60. The summed E-state index contributed by atoms with van der Waals surface area (Å²) in [6.07, 6.45) is 0.600. The van der Waals surface area contributed by atoms with Crippen molar-refractivity contribution < 1.29 is 33.4 Å². The Labute approximate surface area is 220 Å². The summed E-state index contributed by atoms with van der Waals surface area (Å²) in [6, 6.07) is 12.3. The first kappa shape index (κ1) is 27.8. The smallest absolute Gasteiger partial charge is 0.311 e. The maximum Gasteiger partial charge on any atom is 0.311 e. The van der Waals surface area contributed by atoms with E-state index >= 15 is 0 Å². The number of halogens is 1. The van der Waals surface area contributed by atoms with E-state index in [-0.39, 0.29) is 25.4 Å². The minimum Gasteiger partial charge on any atom is -0.493 e. The molecule has 0 aromatic heterocycles. The quantitative estimate of drug-likeness (QED) is 0.443. The van der Waals surface area contributed by atoms with Gasteiger partial charge in [-0.05, 0) is 36.2 Å². The molecule has 2 aromatic rings. The Bertz CT molecular complexity index is 1160. The van der Waals surface area contributed by atoms with Crippen LogP contribution in [-0.2, 0) is 30.3 Å². The molecule has 0 aliphatic carbocycles. The van der Waals surface area contributed by atoms with Crippen molar-refractivity contribution in [3.05, 3.63) is 53.1 Å². The summed E-state index contributed by atoms with van der Waals surface area (Å²) >= 11 is 6.02. The minimum absolute atomic E-state index is 0.0229. The number of nitrogens with one attached hydrogen (secondary N) is 1. The number of rotatable bonds is 11. The Morgan fingerprint density at radius 2 is 1.84 bits per heavy atom. The van der Waals surface area contributed by atoms with Crippen LogP contribution in [0.25, 0.3) is 0 Å². The van der Waals surface area contributed by atoms with Gasteiger partial charge in [-0.15, -0.1) is 0 Å². The van der Waals surface area contributed by atoms with Crippen LogP contribution in [0.3, 0.4) is 0 Å². The van der Waals surface area contributed by atoms with Crippen LogP contribution in [0.5, 0.6) is 11.5 Å². The number of hydrogen-bond acceptors (Lipinski definition) is 7. The number of ether oxygens (including phenoxy) is 3. The molecule has 1 aliphatic rings. The molecule has 2 aromatic carbocycles. The highest BCUT2D eigenvalue weighted by atomic mass is 35.5. The van der Waals surface area contributed by atoms with E-state index in [1.54, 1.807) is 49.5 Å². The van der Waals surface area contributed by atoms with Gasteiger partial charge in [-0.1, -0.05) is 29.8 Å². The number of para-hydroxylation sites is 1. The number of benzene rings is 2. The van der Waals surface area contributed by atoms with E-state index < -0.39 is 30.3 Å². The molecule has 0 saturated carbocycles. The fourth-order valence-corrected chi connectivity index (χ4v) is 4.05. The molecule has 37 heavy (non-hydrogen) atoms. The van der Waals surface area contributed by atoms with Crippen LogP contribution >= 0.6 is 11.6 Å². The van der Waals surface area contributed by atoms with Gasteiger partial charge in [-0.3, -0.25) is 19.2 Å². The van der Waals surface area contributed by atoms with E-state index in [1.807, 2.05) is 12.1 Å². The lowest BCUT2D eigenvalue weighted by Gasteiger charge is -2.18. The van der Waals surface area contributed by atoms with E-state index in [1.165, 1.54) is 7.05 Å². The lowest BCUT2D eigenvalue weighted by atomic mass is 10.1. The standard InChI is InChI=1S/C26H30ClN3O7/c1-29(15-23(31)28-20-7-5-4-6-19(20)27)25(33)16-37-26(34)18-13-24(32)30(14-18)11-10-17-8-9-21(35-2)22(12-17)36-3/h4-9,12,18H,10-11,13-16H2,1-3H3,(H,28,31)/t18-/m0/s1. The topological polar surface area (TPSA) is 114 Å². The van der Waals surface area contributed by atoms with Gasteiger partial charge in [0.15, 0.2) is 18.1 Å². The van der Waals surface area contributed by atoms with Crippen molar-refractivity contribution in [2.24, 2.45) is 5.92 Å². The Kier molecular flexibility index (Phi) is 9.73. The van der Waals surface area contributed by atoms with Crippen LogP contribution in [0, 0.1) is 5.92 Å². The van der Waals surface area contributed by atoms with Crippen molar-refractivity contribution >= 4 is 41.0 Å². The van der Waals surface area contributed by atoms with Crippen molar-refractivity contribution in [2.75, 3.05) is 52.8 Å². The Morgan fingerprint density at radius 3 is 2.54 bits per heavy atom. The predicted octanol–water partition coefficient (Wildman–Crippen LogP) is 2.39. The Hall–Kier alpha value is -3.79. The number of carbonyl (C=O) groups is 4. The third-order valence-corrected chi connectivity index (χ3v) is 6.29. The predicted molar refractivity (Wildman–Crippen MR) is 137 cm³/mol. The van der Waals surface area contributed by atoms with Crippen molar-refractivity contribution in [1.29, 1.82) is 0 Å². The molecule has 0 spiro atoms. The number of methoxy groups -OCH3 is 2. The highest BCUT2D eigenvalue weighted by Crippen LogP contribution is 2.28. The molecule has 1 heterocycles. The lowest BCUT2D eigenvalue weighted by Crippen LogP contribution is -2.38. The van der Waals surface area contributed by atoms with Crippen LogP contribution in [0.4, 0.5) is 5.69 Å². The second-order valence-corrected chi connectivity index (χ2v) is 8.97. The molecule has 1 atom stereocenters. The van der Waals surface area contributed by atoms with E-state index in [2.05, 4.69) is 5.32 Å². The number of likely N-dealkylation sites (tertiary alicyclic amines) is 1. The highest BCUT2D eigenvalue weighted by molar-refractivity contribution is 6.33. The second-order valence-electron chi connectivity index (χ2n) is 8.57. The van der Waals surface area contributed by atoms with Gasteiger partial charge < -0.3 is 29.3 Å². The van der Waals surface area contributed by atoms with Crippen LogP contribution in [0.15, 0.2) is 42.5 Å². The molecular formula is C26H30ClN3O7. The molecule has 11 heteroatoms. The average Bonchev–Trinajstić information content (AvgIpc) is 3.27. The summed E-state index contributed by atoms with van der Waals surface area (Å²) in [7, 11) is 4.54. The molecular weight excluding hydrogens is 502 g/mol. The number of esters is 1. The Morgan fingerprint density at radius 1 is 1.11 bits per heavy atom. The van der Waals surface area contributed by atoms with Gasteiger partial charge >= 0.3 is 5.97 Å². The number of carbonyl (C=O) groups excluding carboxylic acids is 4. The molecule has 198 valence electrons. The molecule has 0 bridgehead atoms. The van der Waals surface area contributed by atoms with Gasteiger partial charge in [-0.25, -0.2) is 0 Å².